The average Bonchev–Trinajstić information content (AvgIpc) is 2.75. The van der Waals surface area contributed by atoms with Gasteiger partial charge in [0.05, 0.1) is 0 Å². The van der Waals surface area contributed by atoms with Crippen LogP contribution in [0, 0.1) is 0 Å². The van der Waals surface area contributed by atoms with Gasteiger partial charge in [0, 0.05) is 5.92 Å². The van der Waals surface area contributed by atoms with Crippen molar-refractivity contribution < 1.29 is 4.52 Å². The summed E-state index contributed by atoms with van der Waals surface area (Å²) in [5.74, 6) is 2.23. The summed E-state index contributed by atoms with van der Waals surface area (Å²) in [6, 6.07) is 0. The summed E-state index contributed by atoms with van der Waals surface area (Å²) in [6.45, 7) is 0. The molecule has 1 saturated carbocycles. The third-order valence-corrected chi connectivity index (χ3v) is 2.55. The Kier molecular flexibility index (Phi) is 2.30. The van der Waals surface area contributed by atoms with Gasteiger partial charge < -0.3 is 4.52 Å². The zero-order valence-electron chi connectivity index (χ0n) is 6.79. The maximum absolute atomic E-state index is 5.55. The van der Waals surface area contributed by atoms with Gasteiger partial charge in [-0.25, -0.2) is 0 Å². The van der Waals surface area contributed by atoms with Crippen LogP contribution in [0.25, 0.3) is 0 Å². The molecule has 1 aliphatic carbocycles. The van der Waals surface area contributed by atoms with E-state index in [9.17, 15) is 0 Å². The van der Waals surface area contributed by atoms with Gasteiger partial charge in [-0.2, -0.15) is 4.98 Å². The number of hydrogen-bond acceptors (Lipinski definition) is 3. The van der Waals surface area contributed by atoms with Crippen LogP contribution in [0.1, 0.15) is 43.3 Å². The third kappa shape index (κ3) is 1.46. The van der Waals surface area contributed by atoms with E-state index in [1.54, 1.807) is 0 Å². The van der Waals surface area contributed by atoms with Gasteiger partial charge in [0.2, 0.25) is 5.89 Å². The lowest BCUT2D eigenvalue weighted by molar-refractivity contribution is 0.380. The Balaban J connectivity index is 2.11. The number of nitrogens with zero attached hydrogens (tertiary/aromatic N) is 2. The Morgan fingerprint density at radius 2 is 2.17 bits per heavy atom. The second-order valence-electron chi connectivity index (χ2n) is 3.16. The van der Waals surface area contributed by atoms with Gasteiger partial charge in [-0.05, 0) is 12.8 Å². The molecule has 12 heavy (non-hydrogen) atoms. The molecule has 0 amide bonds. The number of hydrogen-bond donors (Lipinski definition) is 0. The summed E-state index contributed by atoms with van der Waals surface area (Å²) in [6.07, 6.45) is 4.97. The first-order chi connectivity index (χ1) is 5.90. The molecule has 0 atom stereocenters. The summed E-state index contributed by atoms with van der Waals surface area (Å²) in [4.78, 5) is 4.20. The molecule has 0 bridgehead atoms. The first-order valence-corrected chi connectivity index (χ1v) is 4.82. The zero-order valence-corrected chi connectivity index (χ0v) is 7.55. The van der Waals surface area contributed by atoms with E-state index in [-0.39, 0.29) is 0 Å². The summed E-state index contributed by atoms with van der Waals surface area (Å²) in [5.41, 5.74) is 0. The summed E-state index contributed by atoms with van der Waals surface area (Å²) >= 11 is 5.55. The lowest BCUT2D eigenvalue weighted by atomic mass is 10.1. The van der Waals surface area contributed by atoms with Crippen molar-refractivity contribution in [1.29, 1.82) is 0 Å². The second kappa shape index (κ2) is 3.44. The molecule has 0 aromatic carbocycles. The molecule has 0 N–H and O–H groups in total. The van der Waals surface area contributed by atoms with Gasteiger partial charge in [-0.15, -0.1) is 11.6 Å². The molecule has 0 unspecified atom stereocenters. The van der Waals surface area contributed by atoms with Gasteiger partial charge in [-0.1, -0.05) is 18.0 Å². The topological polar surface area (TPSA) is 38.9 Å². The van der Waals surface area contributed by atoms with Crippen LogP contribution in [0.2, 0.25) is 0 Å². The summed E-state index contributed by atoms with van der Waals surface area (Å²) < 4.78 is 4.93. The van der Waals surface area contributed by atoms with E-state index in [0.29, 0.717) is 17.7 Å². The van der Waals surface area contributed by atoms with E-state index >= 15 is 0 Å². The molecule has 3 nitrogen and oxygen atoms in total. The number of rotatable bonds is 2. The quantitative estimate of drug-likeness (QED) is 0.666. The summed E-state index contributed by atoms with van der Waals surface area (Å²) in [7, 11) is 0. The van der Waals surface area contributed by atoms with Gasteiger partial charge in [0.15, 0.2) is 5.82 Å². The van der Waals surface area contributed by atoms with Crippen LogP contribution in [0.5, 0.6) is 0 Å². The minimum Gasteiger partial charge on any atom is -0.338 e. The Labute approximate surface area is 76.1 Å². The van der Waals surface area contributed by atoms with Gasteiger partial charge in [-0.3, -0.25) is 0 Å². The highest BCUT2D eigenvalue weighted by Crippen LogP contribution is 2.32. The lowest BCUT2D eigenvalue weighted by Crippen LogP contribution is -1.94. The van der Waals surface area contributed by atoms with Crippen LogP contribution in [0.4, 0.5) is 0 Å². The van der Waals surface area contributed by atoms with Crippen molar-refractivity contribution in [3.63, 3.8) is 0 Å². The highest BCUT2D eigenvalue weighted by molar-refractivity contribution is 6.16. The zero-order chi connectivity index (χ0) is 8.39. The third-order valence-electron chi connectivity index (χ3n) is 2.32. The average molecular weight is 187 g/mol. The molecule has 1 heterocycles. The molecule has 1 aromatic heterocycles. The largest absolute Gasteiger partial charge is 0.338 e. The predicted molar refractivity (Wildman–Crippen MR) is 45.1 cm³/mol. The normalized spacial score (nSPS) is 18.8. The van der Waals surface area contributed by atoms with Crippen molar-refractivity contribution in [3.05, 3.63) is 11.7 Å². The lowest BCUT2D eigenvalue weighted by Gasteiger charge is -1.98. The van der Waals surface area contributed by atoms with Crippen molar-refractivity contribution in [2.75, 3.05) is 0 Å². The van der Waals surface area contributed by atoms with E-state index in [1.807, 2.05) is 0 Å². The van der Waals surface area contributed by atoms with Crippen LogP contribution in [0.3, 0.4) is 0 Å². The van der Waals surface area contributed by atoms with Crippen molar-refractivity contribution in [3.8, 4) is 0 Å². The van der Waals surface area contributed by atoms with Crippen molar-refractivity contribution in [2.24, 2.45) is 0 Å². The number of aromatic nitrogens is 2. The smallest absolute Gasteiger partial charge is 0.241 e. The summed E-state index contributed by atoms with van der Waals surface area (Å²) in [5, 5.41) is 3.90. The molecule has 0 aliphatic heterocycles. The maximum atomic E-state index is 5.55. The Morgan fingerprint density at radius 1 is 1.42 bits per heavy atom. The van der Waals surface area contributed by atoms with E-state index in [1.165, 1.54) is 25.7 Å². The minimum atomic E-state index is 0.319. The maximum Gasteiger partial charge on any atom is 0.241 e. The minimum absolute atomic E-state index is 0.319. The SMILES string of the molecule is ClCc1nc(C2CCCC2)no1. The van der Waals surface area contributed by atoms with E-state index in [2.05, 4.69) is 10.1 Å². The Hall–Kier alpha value is -0.570. The molecule has 4 heteroatoms. The van der Waals surface area contributed by atoms with Crippen LogP contribution < -0.4 is 0 Å². The molecular weight excluding hydrogens is 176 g/mol. The molecule has 2 rings (SSSR count). The Morgan fingerprint density at radius 3 is 2.75 bits per heavy atom. The first-order valence-electron chi connectivity index (χ1n) is 4.28. The second-order valence-corrected chi connectivity index (χ2v) is 3.43. The number of alkyl halides is 1. The van der Waals surface area contributed by atoms with Crippen LogP contribution in [-0.2, 0) is 5.88 Å². The van der Waals surface area contributed by atoms with Crippen molar-refractivity contribution >= 4 is 11.6 Å². The fraction of sp³-hybridized carbons (Fsp3) is 0.750. The fourth-order valence-corrected chi connectivity index (χ4v) is 1.78. The highest BCUT2D eigenvalue weighted by Gasteiger charge is 2.21. The molecule has 1 aliphatic rings. The first kappa shape index (κ1) is 8.05. The molecular formula is C8H11ClN2O. The highest BCUT2D eigenvalue weighted by atomic mass is 35.5. The van der Waals surface area contributed by atoms with Gasteiger partial charge in [0.25, 0.3) is 0 Å². The van der Waals surface area contributed by atoms with E-state index < -0.39 is 0 Å². The van der Waals surface area contributed by atoms with Crippen molar-refractivity contribution in [1.82, 2.24) is 10.1 Å². The molecule has 0 spiro atoms. The van der Waals surface area contributed by atoms with Gasteiger partial charge >= 0.3 is 0 Å². The fourth-order valence-electron chi connectivity index (χ4n) is 1.67. The van der Waals surface area contributed by atoms with Gasteiger partial charge in [0.1, 0.15) is 5.88 Å². The van der Waals surface area contributed by atoms with E-state index in [4.69, 9.17) is 16.1 Å². The molecule has 1 fully saturated rings. The Bertz CT molecular complexity index is 255. The monoisotopic (exact) mass is 186 g/mol. The molecule has 0 radical (unpaired) electrons. The van der Waals surface area contributed by atoms with Crippen molar-refractivity contribution in [2.45, 2.75) is 37.5 Å². The molecule has 66 valence electrons. The predicted octanol–water partition coefficient (Wildman–Crippen LogP) is 2.47. The van der Waals surface area contributed by atoms with Crippen LogP contribution in [-0.4, -0.2) is 10.1 Å². The van der Waals surface area contributed by atoms with Crippen LogP contribution >= 0.6 is 11.6 Å². The molecule has 1 aromatic rings. The molecule has 0 saturated heterocycles. The number of halogens is 1. The van der Waals surface area contributed by atoms with Crippen LogP contribution in [0.15, 0.2) is 4.52 Å². The standard InChI is InChI=1S/C8H11ClN2O/c9-5-7-10-8(11-12-7)6-3-1-2-4-6/h6H,1-5H2. The van der Waals surface area contributed by atoms with E-state index in [0.717, 1.165) is 5.82 Å².